The molecule has 1 aromatic carbocycles. The molecule has 0 aliphatic heterocycles. The van der Waals surface area contributed by atoms with E-state index in [0.717, 1.165) is 25.5 Å². The van der Waals surface area contributed by atoms with Gasteiger partial charge in [-0.05, 0) is 38.3 Å². The van der Waals surface area contributed by atoms with Gasteiger partial charge in [0.15, 0.2) is 5.96 Å². The minimum atomic E-state index is -0.231. The van der Waals surface area contributed by atoms with Gasteiger partial charge in [-0.1, -0.05) is 24.3 Å². The van der Waals surface area contributed by atoms with Gasteiger partial charge >= 0.3 is 0 Å². The van der Waals surface area contributed by atoms with E-state index in [9.17, 15) is 0 Å². The number of hydrogen-bond acceptors (Lipinski definition) is 2. The van der Waals surface area contributed by atoms with Crippen LogP contribution in [-0.4, -0.2) is 38.3 Å². The van der Waals surface area contributed by atoms with Gasteiger partial charge in [-0.25, -0.2) is 0 Å². The zero-order valence-corrected chi connectivity index (χ0v) is 13.6. The Labute approximate surface area is 128 Å². The fraction of sp³-hybridized carbons (Fsp3) is 0.588. The Kier molecular flexibility index (Phi) is 5.23. The minimum absolute atomic E-state index is 0.231. The summed E-state index contributed by atoms with van der Waals surface area (Å²) < 4.78 is 5.41. The van der Waals surface area contributed by atoms with Crippen LogP contribution in [0.15, 0.2) is 29.3 Å². The maximum absolute atomic E-state index is 5.41. The Morgan fingerprint density at radius 3 is 2.76 bits per heavy atom. The first-order chi connectivity index (χ1) is 10.1. The van der Waals surface area contributed by atoms with Gasteiger partial charge in [-0.15, -0.1) is 0 Å². The SMILES string of the molecule is CCNC(=NCC(C)(C)OC)NCC1Cc2ccccc21. The lowest BCUT2D eigenvalue weighted by atomic mass is 9.78. The molecule has 2 rings (SSSR count). The molecular formula is C17H27N3O. The van der Waals surface area contributed by atoms with Crippen molar-refractivity contribution < 1.29 is 4.74 Å². The number of nitrogens with zero attached hydrogens (tertiary/aromatic N) is 1. The van der Waals surface area contributed by atoms with Gasteiger partial charge in [0.2, 0.25) is 0 Å². The maximum Gasteiger partial charge on any atom is 0.191 e. The number of ether oxygens (including phenoxy) is 1. The summed E-state index contributed by atoms with van der Waals surface area (Å²) in [5.41, 5.74) is 2.72. The van der Waals surface area contributed by atoms with E-state index in [0.29, 0.717) is 12.5 Å². The average Bonchev–Trinajstić information content (AvgIpc) is 2.45. The van der Waals surface area contributed by atoms with Crippen LogP contribution in [0.2, 0.25) is 0 Å². The van der Waals surface area contributed by atoms with E-state index in [1.807, 2.05) is 13.8 Å². The highest BCUT2D eigenvalue weighted by Gasteiger charge is 2.25. The molecule has 0 heterocycles. The molecule has 0 radical (unpaired) electrons. The molecule has 4 heteroatoms. The zero-order valence-electron chi connectivity index (χ0n) is 13.6. The lowest BCUT2D eigenvalue weighted by molar-refractivity contribution is 0.0310. The molecule has 21 heavy (non-hydrogen) atoms. The Morgan fingerprint density at radius 2 is 2.10 bits per heavy atom. The summed E-state index contributed by atoms with van der Waals surface area (Å²) in [6.45, 7) is 8.60. The Hall–Kier alpha value is -1.55. The summed E-state index contributed by atoms with van der Waals surface area (Å²) in [6, 6.07) is 8.67. The monoisotopic (exact) mass is 289 g/mol. The largest absolute Gasteiger partial charge is 0.377 e. The number of guanidine groups is 1. The van der Waals surface area contributed by atoms with E-state index in [1.165, 1.54) is 11.1 Å². The van der Waals surface area contributed by atoms with Crippen molar-refractivity contribution in [3.05, 3.63) is 35.4 Å². The van der Waals surface area contributed by atoms with Crippen LogP contribution in [0.1, 0.15) is 37.8 Å². The fourth-order valence-corrected chi connectivity index (χ4v) is 2.44. The van der Waals surface area contributed by atoms with Crippen LogP contribution in [-0.2, 0) is 11.2 Å². The standard InChI is InChI=1S/C17H27N3O/c1-5-18-16(20-12-17(2,3)21-4)19-11-14-10-13-8-6-7-9-15(13)14/h6-9,14H,5,10-12H2,1-4H3,(H2,18,19,20). The quantitative estimate of drug-likeness (QED) is 0.624. The van der Waals surface area contributed by atoms with E-state index in [4.69, 9.17) is 4.74 Å². The third kappa shape index (κ3) is 4.21. The fourth-order valence-electron chi connectivity index (χ4n) is 2.44. The van der Waals surface area contributed by atoms with E-state index >= 15 is 0 Å². The number of fused-ring (bicyclic) bond motifs is 1. The Bertz CT molecular complexity index is 497. The number of hydrogen-bond donors (Lipinski definition) is 2. The molecule has 1 aliphatic carbocycles. The smallest absolute Gasteiger partial charge is 0.191 e. The summed E-state index contributed by atoms with van der Waals surface area (Å²) in [5, 5.41) is 6.73. The summed E-state index contributed by atoms with van der Waals surface area (Å²) in [4.78, 5) is 4.61. The molecule has 4 nitrogen and oxygen atoms in total. The molecule has 1 aromatic rings. The highest BCUT2D eigenvalue weighted by molar-refractivity contribution is 5.79. The predicted octanol–water partition coefficient (Wildman–Crippen LogP) is 2.31. The van der Waals surface area contributed by atoms with Crippen molar-refractivity contribution in [2.75, 3.05) is 26.7 Å². The first kappa shape index (κ1) is 15.8. The van der Waals surface area contributed by atoms with E-state index in [2.05, 4.69) is 46.8 Å². The maximum atomic E-state index is 5.41. The third-order valence-corrected chi connectivity index (χ3v) is 3.99. The molecule has 0 aromatic heterocycles. The van der Waals surface area contributed by atoms with Crippen LogP contribution in [0, 0.1) is 0 Å². The second-order valence-electron chi connectivity index (χ2n) is 6.14. The molecule has 1 aliphatic rings. The second kappa shape index (κ2) is 6.94. The van der Waals surface area contributed by atoms with Crippen LogP contribution in [0.5, 0.6) is 0 Å². The lowest BCUT2D eigenvalue weighted by Crippen LogP contribution is -2.42. The van der Waals surface area contributed by atoms with Gasteiger partial charge in [0, 0.05) is 26.1 Å². The first-order valence-corrected chi connectivity index (χ1v) is 7.71. The van der Waals surface area contributed by atoms with Crippen LogP contribution >= 0.6 is 0 Å². The van der Waals surface area contributed by atoms with Gasteiger partial charge in [-0.3, -0.25) is 4.99 Å². The van der Waals surface area contributed by atoms with Crippen molar-refractivity contribution in [2.45, 2.75) is 38.7 Å². The van der Waals surface area contributed by atoms with E-state index in [1.54, 1.807) is 7.11 Å². The average molecular weight is 289 g/mol. The van der Waals surface area contributed by atoms with Gasteiger partial charge in [0.25, 0.3) is 0 Å². The summed E-state index contributed by atoms with van der Waals surface area (Å²) in [5.74, 6) is 1.47. The number of benzene rings is 1. The van der Waals surface area contributed by atoms with E-state index < -0.39 is 0 Å². The van der Waals surface area contributed by atoms with Gasteiger partial charge in [0.05, 0.1) is 12.1 Å². The molecule has 2 N–H and O–H groups in total. The number of nitrogens with one attached hydrogen (secondary N) is 2. The topological polar surface area (TPSA) is 45.7 Å². The molecule has 0 saturated carbocycles. The van der Waals surface area contributed by atoms with Crippen molar-refractivity contribution in [1.82, 2.24) is 10.6 Å². The summed E-state index contributed by atoms with van der Waals surface area (Å²) in [6.07, 6.45) is 1.16. The number of rotatable bonds is 6. The Balaban J connectivity index is 1.88. The molecule has 0 saturated heterocycles. The molecule has 1 atom stereocenters. The van der Waals surface area contributed by atoms with E-state index in [-0.39, 0.29) is 5.60 Å². The van der Waals surface area contributed by atoms with Crippen molar-refractivity contribution in [3.63, 3.8) is 0 Å². The molecule has 1 unspecified atom stereocenters. The van der Waals surface area contributed by atoms with Crippen molar-refractivity contribution in [2.24, 2.45) is 4.99 Å². The number of methoxy groups -OCH3 is 1. The highest BCUT2D eigenvalue weighted by atomic mass is 16.5. The van der Waals surface area contributed by atoms with Gasteiger partial charge in [-0.2, -0.15) is 0 Å². The van der Waals surface area contributed by atoms with Crippen LogP contribution in [0.25, 0.3) is 0 Å². The van der Waals surface area contributed by atoms with Crippen LogP contribution in [0.4, 0.5) is 0 Å². The molecular weight excluding hydrogens is 262 g/mol. The minimum Gasteiger partial charge on any atom is -0.377 e. The molecule has 0 bridgehead atoms. The molecule has 0 fully saturated rings. The second-order valence-corrected chi connectivity index (χ2v) is 6.14. The van der Waals surface area contributed by atoms with Crippen LogP contribution < -0.4 is 10.6 Å². The summed E-state index contributed by atoms with van der Waals surface area (Å²) in [7, 11) is 1.72. The summed E-state index contributed by atoms with van der Waals surface area (Å²) >= 11 is 0. The first-order valence-electron chi connectivity index (χ1n) is 7.71. The van der Waals surface area contributed by atoms with Crippen molar-refractivity contribution in [1.29, 1.82) is 0 Å². The van der Waals surface area contributed by atoms with Gasteiger partial charge in [0.1, 0.15) is 0 Å². The van der Waals surface area contributed by atoms with Crippen LogP contribution in [0.3, 0.4) is 0 Å². The predicted molar refractivity (Wildman–Crippen MR) is 88.0 cm³/mol. The number of aliphatic imine (C=N–C) groups is 1. The normalized spacial score (nSPS) is 17.9. The molecule has 0 spiro atoms. The Morgan fingerprint density at radius 1 is 1.33 bits per heavy atom. The van der Waals surface area contributed by atoms with Crippen molar-refractivity contribution in [3.8, 4) is 0 Å². The van der Waals surface area contributed by atoms with Gasteiger partial charge < -0.3 is 15.4 Å². The van der Waals surface area contributed by atoms with Crippen molar-refractivity contribution >= 4 is 5.96 Å². The molecule has 116 valence electrons. The lowest BCUT2D eigenvalue weighted by Gasteiger charge is -2.30. The highest BCUT2D eigenvalue weighted by Crippen LogP contribution is 2.33. The zero-order chi connectivity index (χ0) is 15.3. The molecule has 0 amide bonds. The third-order valence-electron chi connectivity index (χ3n) is 3.99.